The predicted molar refractivity (Wildman–Crippen MR) is 171 cm³/mol. The fraction of sp³-hybridized carbons (Fsp3) is 0.353. The standard InChI is InChI=1S/C34H37N7O3/c1-39-15-12-25(20-39)23-8-10-27(11-9-23)37-34-35-19-26-18-29(40(2)28-6-4-3-5-7-28)33(42)41(32(26)38-34)21-30-31(36-22-44-30)24-13-16-43-17-14-24/h3-11,18-19,22,24-25H,12-17,20-21H2,1-2H3,(H,35,37,38). The van der Waals surface area contributed by atoms with Crippen molar-refractivity contribution in [3.05, 3.63) is 101 Å². The van der Waals surface area contributed by atoms with Crippen molar-refractivity contribution < 1.29 is 9.15 Å². The second-order valence-electron chi connectivity index (χ2n) is 11.8. The molecule has 0 amide bonds. The van der Waals surface area contributed by atoms with Gasteiger partial charge in [-0.05, 0) is 74.7 Å². The van der Waals surface area contributed by atoms with Gasteiger partial charge < -0.3 is 24.3 Å². The lowest BCUT2D eigenvalue weighted by molar-refractivity contribution is 0.0842. The van der Waals surface area contributed by atoms with E-state index in [0.29, 0.717) is 42.2 Å². The van der Waals surface area contributed by atoms with Crippen LogP contribution in [0.1, 0.15) is 48.1 Å². The predicted octanol–water partition coefficient (Wildman–Crippen LogP) is 5.65. The van der Waals surface area contributed by atoms with Gasteiger partial charge in [0.05, 0.1) is 12.2 Å². The molecule has 5 aromatic rings. The Labute approximate surface area is 256 Å². The van der Waals surface area contributed by atoms with Crippen molar-refractivity contribution in [3.63, 3.8) is 0 Å². The van der Waals surface area contributed by atoms with Gasteiger partial charge in [0.2, 0.25) is 5.95 Å². The number of likely N-dealkylation sites (N-methyl/N-ethyl adjacent to an activating group) is 1. The van der Waals surface area contributed by atoms with Crippen LogP contribution < -0.4 is 15.8 Å². The molecule has 226 valence electrons. The minimum Gasteiger partial charge on any atom is -0.446 e. The lowest BCUT2D eigenvalue weighted by Gasteiger charge is -2.22. The number of rotatable bonds is 8. The number of likely N-dealkylation sites (tertiary alicyclic amines) is 1. The van der Waals surface area contributed by atoms with E-state index >= 15 is 0 Å². The van der Waals surface area contributed by atoms with E-state index in [-0.39, 0.29) is 18.0 Å². The summed E-state index contributed by atoms with van der Waals surface area (Å²) in [6.07, 6.45) is 6.17. The molecule has 2 saturated heterocycles. The fourth-order valence-corrected chi connectivity index (χ4v) is 6.40. The Morgan fingerprint density at radius 1 is 1.00 bits per heavy atom. The van der Waals surface area contributed by atoms with Crippen molar-refractivity contribution in [1.82, 2.24) is 24.4 Å². The first-order valence-electron chi connectivity index (χ1n) is 15.3. The topological polar surface area (TPSA) is 102 Å². The fourth-order valence-electron chi connectivity index (χ4n) is 6.40. The highest BCUT2D eigenvalue weighted by Gasteiger charge is 2.25. The van der Waals surface area contributed by atoms with E-state index in [1.54, 1.807) is 10.8 Å². The summed E-state index contributed by atoms with van der Waals surface area (Å²) in [6, 6.07) is 20.2. The van der Waals surface area contributed by atoms with E-state index < -0.39 is 0 Å². The SMILES string of the molecule is CN1CCC(c2ccc(Nc3ncc4cc(N(C)c5ccccc5)c(=O)n(Cc5ocnc5C5CCOCC5)c4n3)cc2)C1. The van der Waals surface area contributed by atoms with Gasteiger partial charge in [0.1, 0.15) is 17.1 Å². The molecule has 0 spiro atoms. The van der Waals surface area contributed by atoms with Gasteiger partial charge in [-0.2, -0.15) is 4.98 Å². The number of oxazole rings is 1. The molecule has 7 rings (SSSR count). The van der Waals surface area contributed by atoms with Crippen molar-refractivity contribution in [2.75, 3.05) is 50.6 Å². The molecule has 1 atom stereocenters. The number of hydrogen-bond acceptors (Lipinski definition) is 9. The van der Waals surface area contributed by atoms with Crippen LogP contribution in [0.3, 0.4) is 0 Å². The molecule has 1 unspecified atom stereocenters. The van der Waals surface area contributed by atoms with Gasteiger partial charge in [-0.25, -0.2) is 9.97 Å². The Kier molecular flexibility index (Phi) is 7.84. The molecule has 44 heavy (non-hydrogen) atoms. The smallest absolute Gasteiger partial charge is 0.276 e. The van der Waals surface area contributed by atoms with Crippen LogP contribution in [0.4, 0.5) is 23.0 Å². The number of aromatic nitrogens is 4. The third-order valence-electron chi connectivity index (χ3n) is 8.92. The average Bonchev–Trinajstić information content (AvgIpc) is 3.72. The number of hydrogen-bond donors (Lipinski definition) is 1. The Balaban J connectivity index is 1.25. The molecule has 0 bridgehead atoms. The van der Waals surface area contributed by atoms with Crippen LogP contribution in [0.2, 0.25) is 0 Å². The zero-order chi connectivity index (χ0) is 30.0. The second-order valence-corrected chi connectivity index (χ2v) is 11.8. The number of ether oxygens (including phenoxy) is 1. The maximum absolute atomic E-state index is 14.2. The number of fused-ring (bicyclic) bond motifs is 1. The second kappa shape index (κ2) is 12.2. The number of benzene rings is 2. The van der Waals surface area contributed by atoms with Crippen molar-refractivity contribution in [2.45, 2.75) is 37.6 Å². The Hall–Kier alpha value is -4.54. The molecular formula is C34H37N7O3. The zero-order valence-electron chi connectivity index (χ0n) is 25.1. The maximum atomic E-state index is 14.2. The molecule has 0 radical (unpaired) electrons. The van der Waals surface area contributed by atoms with Crippen LogP contribution in [0.25, 0.3) is 11.0 Å². The normalized spacial score (nSPS) is 17.7. The molecule has 2 fully saturated rings. The minimum atomic E-state index is -0.172. The molecule has 0 aliphatic carbocycles. The third-order valence-corrected chi connectivity index (χ3v) is 8.92. The summed E-state index contributed by atoms with van der Waals surface area (Å²) in [7, 11) is 4.07. The molecule has 2 aliphatic rings. The van der Waals surface area contributed by atoms with Gasteiger partial charge in [-0.1, -0.05) is 30.3 Å². The highest BCUT2D eigenvalue weighted by atomic mass is 16.5. The first-order chi connectivity index (χ1) is 21.5. The Morgan fingerprint density at radius 2 is 1.80 bits per heavy atom. The van der Waals surface area contributed by atoms with Crippen LogP contribution in [0.5, 0.6) is 0 Å². The lowest BCUT2D eigenvalue weighted by Crippen LogP contribution is -2.28. The molecule has 2 aliphatic heterocycles. The summed E-state index contributed by atoms with van der Waals surface area (Å²) in [4.78, 5) is 32.6. The van der Waals surface area contributed by atoms with E-state index in [9.17, 15) is 4.79 Å². The maximum Gasteiger partial charge on any atom is 0.276 e. The Morgan fingerprint density at radius 3 is 2.55 bits per heavy atom. The minimum absolute atomic E-state index is 0.172. The van der Waals surface area contributed by atoms with E-state index in [2.05, 4.69) is 51.5 Å². The van der Waals surface area contributed by atoms with Crippen molar-refractivity contribution >= 4 is 34.0 Å². The quantitative estimate of drug-likeness (QED) is 0.245. The summed E-state index contributed by atoms with van der Waals surface area (Å²) in [5.41, 5.74) is 4.90. The third kappa shape index (κ3) is 5.70. The zero-order valence-corrected chi connectivity index (χ0v) is 25.1. The van der Waals surface area contributed by atoms with E-state index in [1.165, 1.54) is 18.4 Å². The summed E-state index contributed by atoms with van der Waals surface area (Å²) in [6.45, 7) is 3.81. The number of nitrogens with zero attached hydrogens (tertiary/aromatic N) is 6. The monoisotopic (exact) mass is 591 g/mol. The number of pyridine rings is 1. The lowest BCUT2D eigenvalue weighted by atomic mass is 9.95. The van der Waals surface area contributed by atoms with Crippen LogP contribution >= 0.6 is 0 Å². The largest absolute Gasteiger partial charge is 0.446 e. The number of anilines is 4. The molecule has 10 nitrogen and oxygen atoms in total. The summed E-state index contributed by atoms with van der Waals surface area (Å²) in [5, 5.41) is 4.10. The van der Waals surface area contributed by atoms with Gasteiger partial charge in [-0.15, -0.1) is 0 Å². The molecule has 10 heteroatoms. The highest BCUT2D eigenvalue weighted by molar-refractivity contribution is 5.81. The van der Waals surface area contributed by atoms with E-state index in [0.717, 1.165) is 48.4 Å². The van der Waals surface area contributed by atoms with Gasteiger partial charge in [0.15, 0.2) is 6.39 Å². The first-order valence-corrected chi connectivity index (χ1v) is 15.3. The van der Waals surface area contributed by atoms with Crippen LogP contribution in [0, 0.1) is 0 Å². The van der Waals surface area contributed by atoms with E-state index in [4.69, 9.17) is 14.1 Å². The number of para-hydroxylation sites is 1. The van der Waals surface area contributed by atoms with Gasteiger partial charge >= 0.3 is 0 Å². The molecule has 2 aromatic carbocycles. The van der Waals surface area contributed by atoms with Crippen LogP contribution in [0.15, 0.2) is 82.5 Å². The van der Waals surface area contributed by atoms with Crippen molar-refractivity contribution in [1.29, 1.82) is 0 Å². The molecule has 1 N–H and O–H groups in total. The molecule has 5 heterocycles. The number of nitrogens with one attached hydrogen (secondary N) is 1. The van der Waals surface area contributed by atoms with Crippen molar-refractivity contribution in [2.24, 2.45) is 0 Å². The van der Waals surface area contributed by atoms with Crippen LogP contribution in [-0.4, -0.2) is 64.8 Å². The van der Waals surface area contributed by atoms with Crippen molar-refractivity contribution in [3.8, 4) is 0 Å². The van der Waals surface area contributed by atoms with Gasteiger partial charge in [-0.3, -0.25) is 9.36 Å². The first kappa shape index (κ1) is 28.2. The van der Waals surface area contributed by atoms with E-state index in [1.807, 2.05) is 48.3 Å². The highest BCUT2D eigenvalue weighted by Crippen LogP contribution is 2.31. The van der Waals surface area contributed by atoms with Gasteiger partial charge in [0, 0.05) is 55.7 Å². The summed E-state index contributed by atoms with van der Waals surface area (Å²) < 4.78 is 13.2. The summed E-state index contributed by atoms with van der Waals surface area (Å²) >= 11 is 0. The molecular weight excluding hydrogens is 554 g/mol. The molecule has 0 saturated carbocycles. The summed E-state index contributed by atoms with van der Waals surface area (Å²) in [5.74, 6) is 1.88. The van der Waals surface area contributed by atoms with Gasteiger partial charge in [0.25, 0.3) is 5.56 Å². The average molecular weight is 592 g/mol. The van der Waals surface area contributed by atoms with Crippen LogP contribution in [-0.2, 0) is 11.3 Å². The molecule has 3 aromatic heterocycles. The Bertz CT molecular complexity index is 1800.